The van der Waals surface area contributed by atoms with Crippen molar-refractivity contribution in [2.75, 3.05) is 25.7 Å². The van der Waals surface area contributed by atoms with E-state index in [0.717, 1.165) is 0 Å². The zero-order valence-electron chi connectivity index (χ0n) is 14.4. The number of aliphatic carboxylic acids is 1. The first-order chi connectivity index (χ1) is 11.7. The molecule has 1 atom stereocenters. The third kappa shape index (κ3) is 6.61. The summed E-state index contributed by atoms with van der Waals surface area (Å²) in [6, 6.07) is 3.67. The van der Waals surface area contributed by atoms with Crippen LogP contribution in [0.5, 0.6) is 11.5 Å². The molecule has 0 spiro atoms. The van der Waals surface area contributed by atoms with E-state index in [9.17, 15) is 18.0 Å². The van der Waals surface area contributed by atoms with Gasteiger partial charge in [0.1, 0.15) is 15.9 Å². The smallest absolute Gasteiger partial charge is 0.326 e. The predicted molar refractivity (Wildman–Crippen MR) is 91.8 cm³/mol. The molecule has 1 aromatic rings. The number of ether oxygens (including phenoxy) is 2. The zero-order chi connectivity index (χ0) is 19.0. The number of carbonyl (C=O) groups excluding carboxylic acids is 1. The van der Waals surface area contributed by atoms with Crippen LogP contribution in [-0.4, -0.2) is 57.2 Å². The van der Waals surface area contributed by atoms with E-state index >= 15 is 0 Å². The molecule has 0 radical (unpaired) electrons. The number of benzene rings is 1. The maximum absolute atomic E-state index is 12.1. The highest BCUT2D eigenvalue weighted by molar-refractivity contribution is 7.91. The van der Waals surface area contributed by atoms with Crippen molar-refractivity contribution in [2.24, 2.45) is 0 Å². The van der Waals surface area contributed by atoms with Crippen molar-refractivity contribution in [1.82, 2.24) is 5.32 Å². The lowest BCUT2D eigenvalue weighted by Gasteiger charge is -2.15. The summed E-state index contributed by atoms with van der Waals surface area (Å²) in [4.78, 5) is 23.3. The largest absolute Gasteiger partial charge is 0.493 e. The molecule has 140 valence electrons. The Morgan fingerprint density at radius 1 is 1.20 bits per heavy atom. The molecule has 2 N–H and O–H groups in total. The minimum Gasteiger partial charge on any atom is -0.493 e. The predicted octanol–water partition coefficient (Wildman–Crippen LogP) is 0.640. The summed E-state index contributed by atoms with van der Waals surface area (Å²) in [5, 5.41) is 11.5. The molecule has 0 saturated carbocycles. The van der Waals surface area contributed by atoms with Gasteiger partial charge in [-0.2, -0.15) is 0 Å². The van der Waals surface area contributed by atoms with Crippen molar-refractivity contribution in [3.05, 3.63) is 23.8 Å². The molecule has 0 aliphatic carbocycles. The van der Waals surface area contributed by atoms with Gasteiger partial charge in [0, 0.05) is 5.75 Å². The minimum atomic E-state index is -3.30. The number of nitrogens with one attached hydrogen (secondary N) is 1. The molecule has 1 amide bonds. The molecule has 0 heterocycles. The maximum Gasteiger partial charge on any atom is 0.326 e. The first kappa shape index (κ1) is 20.8. The van der Waals surface area contributed by atoms with E-state index in [0.29, 0.717) is 17.1 Å². The third-order valence-corrected chi connectivity index (χ3v) is 5.34. The van der Waals surface area contributed by atoms with Crippen molar-refractivity contribution in [3.63, 3.8) is 0 Å². The molecule has 0 bridgehead atoms. The second-order valence-corrected chi connectivity index (χ2v) is 7.82. The second kappa shape index (κ2) is 9.26. The van der Waals surface area contributed by atoms with Gasteiger partial charge < -0.3 is 19.9 Å². The molecule has 0 saturated heterocycles. The van der Waals surface area contributed by atoms with Crippen molar-refractivity contribution in [1.29, 1.82) is 0 Å². The number of amides is 1. The summed E-state index contributed by atoms with van der Waals surface area (Å²) < 4.78 is 33.3. The molecular weight excluding hydrogens is 350 g/mol. The molecule has 0 aliphatic rings. The van der Waals surface area contributed by atoms with Gasteiger partial charge in [-0.05, 0) is 24.1 Å². The maximum atomic E-state index is 12.1. The Morgan fingerprint density at radius 2 is 1.84 bits per heavy atom. The Hall–Kier alpha value is -2.29. The summed E-state index contributed by atoms with van der Waals surface area (Å²) >= 11 is 0. The highest BCUT2D eigenvalue weighted by Gasteiger charge is 2.22. The van der Waals surface area contributed by atoms with Crippen LogP contribution in [0.4, 0.5) is 0 Å². The number of carbonyl (C=O) groups is 2. The number of hydrogen-bond donors (Lipinski definition) is 2. The van der Waals surface area contributed by atoms with Gasteiger partial charge in [0.15, 0.2) is 11.5 Å². The lowest BCUT2D eigenvalue weighted by molar-refractivity contribution is -0.141. The average molecular weight is 373 g/mol. The monoisotopic (exact) mass is 373 g/mol. The SMILES string of the molecule is CCS(=O)(=O)CCC(NC(=O)Cc1ccc(OC)c(OC)c1)C(=O)O. The van der Waals surface area contributed by atoms with E-state index in [4.69, 9.17) is 14.6 Å². The van der Waals surface area contributed by atoms with Crippen LogP contribution < -0.4 is 14.8 Å². The van der Waals surface area contributed by atoms with Gasteiger partial charge in [0.05, 0.1) is 26.4 Å². The first-order valence-corrected chi connectivity index (χ1v) is 9.48. The highest BCUT2D eigenvalue weighted by atomic mass is 32.2. The van der Waals surface area contributed by atoms with E-state index in [1.807, 2.05) is 0 Å². The summed E-state index contributed by atoms with van der Waals surface area (Å²) in [5.41, 5.74) is 0.612. The topological polar surface area (TPSA) is 119 Å². The van der Waals surface area contributed by atoms with Crippen molar-refractivity contribution < 1.29 is 32.6 Å². The normalized spacial score (nSPS) is 12.3. The van der Waals surface area contributed by atoms with Gasteiger partial charge in [-0.25, -0.2) is 13.2 Å². The summed E-state index contributed by atoms with van der Waals surface area (Å²) in [6.07, 6.45) is -0.242. The Labute approximate surface area is 147 Å². The number of sulfone groups is 1. The molecule has 1 rings (SSSR count). The lowest BCUT2D eigenvalue weighted by atomic mass is 10.1. The number of carboxylic acids is 1. The second-order valence-electron chi connectivity index (χ2n) is 5.35. The fourth-order valence-corrected chi connectivity index (χ4v) is 3.00. The molecule has 9 heteroatoms. The quantitative estimate of drug-likeness (QED) is 0.618. The van der Waals surface area contributed by atoms with E-state index in [1.54, 1.807) is 18.2 Å². The van der Waals surface area contributed by atoms with Gasteiger partial charge in [-0.3, -0.25) is 4.79 Å². The number of carboxylic acid groups (broad SMARTS) is 1. The third-order valence-electron chi connectivity index (χ3n) is 3.60. The number of methoxy groups -OCH3 is 2. The fraction of sp³-hybridized carbons (Fsp3) is 0.500. The minimum absolute atomic E-state index is 0.0648. The van der Waals surface area contributed by atoms with E-state index in [2.05, 4.69) is 5.32 Å². The fourth-order valence-electron chi connectivity index (χ4n) is 2.12. The van der Waals surface area contributed by atoms with Gasteiger partial charge in [0.25, 0.3) is 0 Å². The standard InChI is InChI=1S/C16H23NO7S/c1-4-25(21,22)8-7-12(16(19)20)17-15(18)10-11-5-6-13(23-2)14(9-11)24-3/h5-6,9,12H,4,7-8,10H2,1-3H3,(H,17,18)(H,19,20). The van der Waals surface area contributed by atoms with Crippen molar-refractivity contribution >= 4 is 21.7 Å². The molecule has 0 fully saturated rings. The Balaban J connectivity index is 2.73. The summed E-state index contributed by atoms with van der Waals surface area (Å²) in [6.45, 7) is 1.49. The molecule has 25 heavy (non-hydrogen) atoms. The van der Waals surface area contributed by atoms with Gasteiger partial charge in [-0.15, -0.1) is 0 Å². The van der Waals surface area contributed by atoms with Crippen molar-refractivity contribution in [3.8, 4) is 11.5 Å². The van der Waals surface area contributed by atoms with Gasteiger partial charge >= 0.3 is 5.97 Å². The van der Waals surface area contributed by atoms with Gasteiger partial charge in [0.2, 0.25) is 5.91 Å². The molecule has 8 nitrogen and oxygen atoms in total. The molecule has 1 aromatic carbocycles. The van der Waals surface area contributed by atoms with E-state index in [1.165, 1.54) is 21.1 Å². The van der Waals surface area contributed by atoms with Crippen LogP contribution in [0.15, 0.2) is 18.2 Å². The van der Waals surface area contributed by atoms with Crippen LogP contribution >= 0.6 is 0 Å². The lowest BCUT2D eigenvalue weighted by Crippen LogP contribution is -2.42. The first-order valence-electron chi connectivity index (χ1n) is 7.66. The highest BCUT2D eigenvalue weighted by Crippen LogP contribution is 2.27. The van der Waals surface area contributed by atoms with Crippen LogP contribution in [0.3, 0.4) is 0 Å². The summed E-state index contributed by atoms with van der Waals surface area (Å²) in [5.74, 6) is -1.19. The van der Waals surface area contributed by atoms with Crippen LogP contribution in [0, 0.1) is 0 Å². The Bertz CT molecular complexity index is 715. The van der Waals surface area contributed by atoms with Crippen molar-refractivity contribution in [2.45, 2.75) is 25.8 Å². The number of rotatable bonds is 10. The molecule has 1 unspecified atom stereocenters. The zero-order valence-corrected chi connectivity index (χ0v) is 15.3. The van der Waals surface area contributed by atoms with Crippen LogP contribution in [-0.2, 0) is 25.8 Å². The van der Waals surface area contributed by atoms with Crippen LogP contribution in [0.1, 0.15) is 18.9 Å². The van der Waals surface area contributed by atoms with E-state index < -0.39 is 27.8 Å². The van der Waals surface area contributed by atoms with Crippen LogP contribution in [0.2, 0.25) is 0 Å². The van der Waals surface area contributed by atoms with Crippen LogP contribution in [0.25, 0.3) is 0 Å². The molecule has 0 aromatic heterocycles. The summed E-state index contributed by atoms with van der Waals surface area (Å²) in [7, 11) is -0.344. The average Bonchev–Trinajstić information content (AvgIpc) is 2.58. The molecule has 0 aliphatic heterocycles. The Morgan fingerprint density at radius 3 is 2.36 bits per heavy atom. The number of hydrogen-bond acceptors (Lipinski definition) is 6. The molecular formula is C16H23NO7S. The Kier molecular flexibility index (Phi) is 7.69. The van der Waals surface area contributed by atoms with E-state index in [-0.39, 0.29) is 24.3 Å². The van der Waals surface area contributed by atoms with Gasteiger partial charge in [-0.1, -0.05) is 13.0 Å².